The molecule has 9 heteroatoms. The highest BCUT2D eigenvalue weighted by atomic mass is 32.2. The van der Waals surface area contributed by atoms with Gasteiger partial charge in [-0.2, -0.15) is 4.31 Å². The van der Waals surface area contributed by atoms with Gasteiger partial charge in [-0.15, -0.1) is 0 Å². The summed E-state index contributed by atoms with van der Waals surface area (Å²) in [4.78, 5) is 20.5. The molecule has 1 atom stereocenters. The van der Waals surface area contributed by atoms with Gasteiger partial charge in [0.15, 0.2) is 0 Å². The number of methoxy groups -OCH3 is 1. The van der Waals surface area contributed by atoms with E-state index in [1.807, 2.05) is 31.2 Å². The van der Waals surface area contributed by atoms with Crippen molar-refractivity contribution in [1.82, 2.24) is 19.6 Å². The van der Waals surface area contributed by atoms with Gasteiger partial charge in [0, 0.05) is 18.7 Å². The first-order valence-corrected chi connectivity index (χ1v) is 11.2. The van der Waals surface area contributed by atoms with E-state index in [-0.39, 0.29) is 16.2 Å². The quantitative estimate of drug-likeness (QED) is 0.571. The average Bonchev–Trinajstić information content (AvgIpc) is 3.18. The lowest BCUT2D eigenvalue weighted by atomic mass is 10.2. The number of imidazole rings is 1. The summed E-state index contributed by atoms with van der Waals surface area (Å²) in [6.07, 6.45) is 0. The van der Waals surface area contributed by atoms with Gasteiger partial charge in [-0.3, -0.25) is 4.79 Å². The van der Waals surface area contributed by atoms with Gasteiger partial charge in [-0.25, -0.2) is 13.4 Å². The fraction of sp³-hybridized carbons (Fsp3) is 0.333. The molecular formula is C21H26N4O4S. The van der Waals surface area contributed by atoms with Crippen LogP contribution in [0.2, 0.25) is 0 Å². The maximum Gasteiger partial charge on any atom is 0.251 e. The van der Waals surface area contributed by atoms with E-state index in [0.29, 0.717) is 18.9 Å². The van der Waals surface area contributed by atoms with E-state index >= 15 is 0 Å². The molecule has 8 nitrogen and oxygen atoms in total. The summed E-state index contributed by atoms with van der Waals surface area (Å²) in [5.74, 6) is 0.416. The molecule has 0 saturated carbocycles. The number of aromatic nitrogens is 2. The molecule has 1 heterocycles. The summed E-state index contributed by atoms with van der Waals surface area (Å²) in [6.45, 7) is 5.98. The molecular weight excluding hydrogens is 404 g/mol. The van der Waals surface area contributed by atoms with Crippen LogP contribution >= 0.6 is 0 Å². The Morgan fingerprint density at radius 2 is 1.90 bits per heavy atom. The summed E-state index contributed by atoms with van der Waals surface area (Å²) >= 11 is 0. The average molecular weight is 431 g/mol. The minimum absolute atomic E-state index is 0.0299. The maximum atomic E-state index is 13.0. The Morgan fingerprint density at radius 1 is 1.20 bits per heavy atom. The molecule has 0 aliphatic rings. The second-order valence-electron chi connectivity index (χ2n) is 6.79. The highest BCUT2D eigenvalue weighted by molar-refractivity contribution is 7.89. The molecule has 0 aliphatic heterocycles. The van der Waals surface area contributed by atoms with Crippen molar-refractivity contribution in [2.75, 3.05) is 20.2 Å². The van der Waals surface area contributed by atoms with Gasteiger partial charge >= 0.3 is 0 Å². The van der Waals surface area contributed by atoms with Gasteiger partial charge in [-0.05, 0) is 37.3 Å². The van der Waals surface area contributed by atoms with Crippen LogP contribution in [0.25, 0.3) is 11.0 Å². The number of H-pyrrole nitrogens is 1. The molecule has 2 aromatic carbocycles. The second kappa shape index (κ2) is 8.85. The monoisotopic (exact) mass is 430 g/mol. The van der Waals surface area contributed by atoms with Crippen molar-refractivity contribution in [3.63, 3.8) is 0 Å². The van der Waals surface area contributed by atoms with Crippen LogP contribution in [0.5, 0.6) is 5.75 Å². The Labute approximate surface area is 176 Å². The van der Waals surface area contributed by atoms with E-state index in [9.17, 15) is 13.2 Å². The number of rotatable bonds is 8. The topological polar surface area (TPSA) is 104 Å². The molecule has 3 aromatic rings. The molecule has 0 spiro atoms. The number of carbonyl (C=O) groups is 1. The van der Waals surface area contributed by atoms with Gasteiger partial charge in [0.25, 0.3) is 5.91 Å². The summed E-state index contributed by atoms with van der Waals surface area (Å²) in [6, 6.07) is 11.6. The van der Waals surface area contributed by atoms with Crippen molar-refractivity contribution in [2.45, 2.75) is 31.7 Å². The highest BCUT2D eigenvalue weighted by Crippen LogP contribution is 2.28. The van der Waals surface area contributed by atoms with Crippen LogP contribution in [0.3, 0.4) is 0 Å². The number of hydrogen-bond acceptors (Lipinski definition) is 5. The molecule has 3 rings (SSSR count). The number of ether oxygens (including phenoxy) is 1. The molecule has 0 aliphatic carbocycles. The van der Waals surface area contributed by atoms with Gasteiger partial charge in [0.2, 0.25) is 10.0 Å². The number of fused-ring (bicyclic) bond motifs is 1. The van der Waals surface area contributed by atoms with Crippen LogP contribution in [0.1, 0.15) is 43.0 Å². The first-order chi connectivity index (χ1) is 14.3. The third-order valence-corrected chi connectivity index (χ3v) is 6.99. The zero-order chi connectivity index (χ0) is 21.9. The standard InChI is InChI=1S/C21H26N4O4S/c1-5-25(6-2)30(27,28)19-13-15(11-12-18(19)29-4)21(26)22-14(3)20-23-16-9-7-8-10-17(16)24-20/h7-14H,5-6H2,1-4H3,(H,22,26)(H,23,24). The summed E-state index contributed by atoms with van der Waals surface area (Å²) in [7, 11) is -2.39. The molecule has 30 heavy (non-hydrogen) atoms. The van der Waals surface area contributed by atoms with Crippen molar-refractivity contribution < 1.29 is 17.9 Å². The maximum absolute atomic E-state index is 13.0. The molecule has 2 N–H and O–H groups in total. The van der Waals surface area contributed by atoms with Crippen molar-refractivity contribution in [2.24, 2.45) is 0 Å². The lowest BCUT2D eigenvalue weighted by Crippen LogP contribution is -2.31. The lowest BCUT2D eigenvalue weighted by molar-refractivity contribution is 0.0938. The Morgan fingerprint density at radius 3 is 2.53 bits per heavy atom. The predicted molar refractivity (Wildman–Crippen MR) is 115 cm³/mol. The fourth-order valence-electron chi connectivity index (χ4n) is 3.25. The Hall–Kier alpha value is -2.91. The molecule has 0 fully saturated rings. The second-order valence-corrected chi connectivity index (χ2v) is 8.70. The van der Waals surface area contributed by atoms with Crippen LogP contribution in [0.15, 0.2) is 47.4 Å². The largest absolute Gasteiger partial charge is 0.495 e. The molecule has 0 radical (unpaired) electrons. The predicted octanol–water partition coefficient (Wildman–Crippen LogP) is 3.09. The molecule has 0 saturated heterocycles. The van der Waals surface area contributed by atoms with E-state index < -0.39 is 22.0 Å². The van der Waals surface area contributed by atoms with Gasteiger partial charge < -0.3 is 15.0 Å². The number of aromatic amines is 1. The fourth-order valence-corrected chi connectivity index (χ4v) is 4.89. The van der Waals surface area contributed by atoms with E-state index in [0.717, 1.165) is 11.0 Å². The summed E-state index contributed by atoms with van der Waals surface area (Å²) in [5, 5.41) is 2.86. The van der Waals surface area contributed by atoms with Gasteiger partial charge in [-0.1, -0.05) is 26.0 Å². The van der Waals surface area contributed by atoms with Crippen molar-refractivity contribution in [3.8, 4) is 5.75 Å². The SMILES string of the molecule is CCN(CC)S(=O)(=O)c1cc(C(=O)NC(C)c2nc3ccccc3[nH]2)ccc1OC. The number of amides is 1. The van der Waals surface area contributed by atoms with Gasteiger partial charge in [0.05, 0.1) is 24.2 Å². The Bertz CT molecular complexity index is 1120. The smallest absolute Gasteiger partial charge is 0.251 e. The third kappa shape index (κ3) is 4.17. The van der Waals surface area contributed by atoms with E-state index in [1.165, 1.54) is 23.5 Å². The van der Waals surface area contributed by atoms with Crippen LogP contribution < -0.4 is 10.1 Å². The van der Waals surface area contributed by atoms with E-state index in [1.54, 1.807) is 19.9 Å². The Balaban J connectivity index is 1.88. The minimum Gasteiger partial charge on any atom is -0.495 e. The number of carbonyl (C=O) groups excluding carboxylic acids is 1. The molecule has 160 valence electrons. The number of nitrogens with one attached hydrogen (secondary N) is 2. The molecule has 1 aromatic heterocycles. The zero-order valence-corrected chi connectivity index (χ0v) is 18.3. The van der Waals surface area contributed by atoms with Crippen molar-refractivity contribution in [1.29, 1.82) is 0 Å². The summed E-state index contributed by atoms with van der Waals surface area (Å²) in [5.41, 5.74) is 1.92. The van der Waals surface area contributed by atoms with Crippen LogP contribution in [-0.2, 0) is 10.0 Å². The number of para-hydroxylation sites is 2. The normalized spacial score (nSPS) is 12.8. The zero-order valence-electron chi connectivity index (χ0n) is 17.5. The molecule has 0 bridgehead atoms. The minimum atomic E-state index is -3.79. The molecule has 1 unspecified atom stereocenters. The first kappa shape index (κ1) is 21.8. The third-order valence-electron chi connectivity index (χ3n) is 4.91. The van der Waals surface area contributed by atoms with Crippen LogP contribution in [-0.4, -0.2) is 48.8 Å². The van der Waals surface area contributed by atoms with Crippen LogP contribution in [0.4, 0.5) is 0 Å². The summed E-state index contributed by atoms with van der Waals surface area (Å²) < 4.78 is 32.5. The van der Waals surface area contributed by atoms with E-state index in [2.05, 4.69) is 15.3 Å². The number of benzene rings is 2. The number of hydrogen-bond donors (Lipinski definition) is 2. The Kier molecular flexibility index (Phi) is 6.42. The molecule has 1 amide bonds. The highest BCUT2D eigenvalue weighted by Gasteiger charge is 2.27. The first-order valence-electron chi connectivity index (χ1n) is 9.75. The van der Waals surface area contributed by atoms with Gasteiger partial charge in [0.1, 0.15) is 16.5 Å². The van der Waals surface area contributed by atoms with Crippen LogP contribution in [0, 0.1) is 0 Å². The van der Waals surface area contributed by atoms with Crippen molar-refractivity contribution >= 4 is 27.0 Å². The number of sulfonamides is 1. The number of nitrogens with zero attached hydrogens (tertiary/aromatic N) is 2. The van der Waals surface area contributed by atoms with Crippen molar-refractivity contribution in [3.05, 3.63) is 53.9 Å². The lowest BCUT2D eigenvalue weighted by Gasteiger charge is -2.20. The van der Waals surface area contributed by atoms with E-state index in [4.69, 9.17) is 4.74 Å².